The summed E-state index contributed by atoms with van der Waals surface area (Å²) in [6, 6.07) is 13.8. The van der Waals surface area contributed by atoms with Crippen molar-refractivity contribution in [3.8, 4) is 11.5 Å². The summed E-state index contributed by atoms with van der Waals surface area (Å²) >= 11 is 1.33. The lowest BCUT2D eigenvalue weighted by Crippen LogP contribution is -2.24. The van der Waals surface area contributed by atoms with Crippen molar-refractivity contribution in [3.63, 3.8) is 0 Å². The number of rotatable bonds is 6. The molecule has 0 radical (unpaired) electrons. The molecule has 0 saturated heterocycles. The third-order valence-electron chi connectivity index (χ3n) is 5.06. The molecule has 8 heteroatoms. The number of nitrogens with one attached hydrogen (secondary N) is 1. The van der Waals surface area contributed by atoms with Gasteiger partial charge in [-0.05, 0) is 32.0 Å². The summed E-state index contributed by atoms with van der Waals surface area (Å²) in [5, 5.41) is 4.40. The molecule has 0 bridgehead atoms. The van der Waals surface area contributed by atoms with Gasteiger partial charge in [0.05, 0.1) is 23.8 Å². The number of sulfone groups is 1. The van der Waals surface area contributed by atoms with Gasteiger partial charge in [-0.2, -0.15) is 0 Å². The van der Waals surface area contributed by atoms with Gasteiger partial charge in [-0.3, -0.25) is 4.79 Å². The van der Waals surface area contributed by atoms with Crippen LogP contribution in [0.1, 0.15) is 36.6 Å². The Morgan fingerprint density at radius 1 is 1.10 bits per heavy atom. The van der Waals surface area contributed by atoms with E-state index < -0.39 is 9.84 Å². The zero-order chi connectivity index (χ0) is 22.2. The maximum Gasteiger partial charge on any atom is 0.225 e. The molecule has 4 rings (SSSR count). The quantitative estimate of drug-likeness (QED) is 0.572. The Kier molecular flexibility index (Phi) is 5.77. The summed E-state index contributed by atoms with van der Waals surface area (Å²) in [5.41, 5.74) is 1.16. The van der Waals surface area contributed by atoms with Gasteiger partial charge in [-0.25, -0.2) is 8.42 Å². The summed E-state index contributed by atoms with van der Waals surface area (Å²) in [7, 11) is -2.20. The van der Waals surface area contributed by atoms with E-state index in [0.29, 0.717) is 17.2 Å². The Morgan fingerprint density at radius 2 is 1.84 bits per heavy atom. The molecule has 2 aromatic carbocycles. The normalized spacial score (nSPS) is 16.0. The number of amides is 1. The smallest absolute Gasteiger partial charge is 0.225 e. The van der Waals surface area contributed by atoms with Gasteiger partial charge in [-0.1, -0.05) is 30.3 Å². The van der Waals surface area contributed by atoms with E-state index in [2.05, 4.69) is 5.32 Å². The summed E-state index contributed by atoms with van der Waals surface area (Å²) in [4.78, 5) is 13.7. The van der Waals surface area contributed by atoms with E-state index in [4.69, 9.17) is 9.47 Å². The maximum absolute atomic E-state index is 13.2. The second-order valence-corrected chi connectivity index (χ2v) is 10.3. The monoisotopic (exact) mass is 457 g/mol. The zero-order valence-electron chi connectivity index (χ0n) is 17.4. The van der Waals surface area contributed by atoms with Gasteiger partial charge in [0.15, 0.2) is 11.5 Å². The fraction of sp³-hybridized carbons (Fsp3) is 0.261. The minimum Gasteiger partial charge on any atom is -0.493 e. The Hall–Kier alpha value is -2.84. The van der Waals surface area contributed by atoms with Gasteiger partial charge >= 0.3 is 0 Å². The van der Waals surface area contributed by atoms with Crippen molar-refractivity contribution in [3.05, 3.63) is 64.4 Å². The molecule has 3 aromatic rings. The largest absolute Gasteiger partial charge is 0.493 e. The number of fused-ring (bicyclic) bond motifs is 1. The molecule has 1 aliphatic heterocycles. The van der Waals surface area contributed by atoms with Gasteiger partial charge in [0.1, 0.15) is 4.90 Å². The lowest BCUT2D eigenvalue weighted by molar-refractivity contribution is -0.116. The van der Waals surface area contributed by atoms with Crippen molar-refractivity contribution >= 4 is 32.8 Å². The molecule has 1 aliphatic rings. The Morgan fingerprint density at radius 3 is 2.52 bits per heavy atom. The van der Waals surface area contributed by atoms with Crippen LogP contribution in [0.15, 0.2) is 63.7 Å². The van der Waals surface area contributed by atoms with Crippen molar-refractivity contribution < 1.29 is 22.7 Å². The van der Waals surface area contributed by atoms with Crippen molar-refractivity contribution in [1.29, 1.82) is 0 Å². The molecule has 1 N–H and O–H groups in total. The molecule has 0 fully saturated rings. The number of para-hydroxylation sites is 1. The average molecular weight is 458 g/mol. The highest BCUT2D eigenvalue weighted by Crippen LogP contribution is 2.49. The van der Waals surface area contributed by atoms with Gasteiger partial charge in [0, 0.05) is 28.2 Å². The summed E-state index contributed by atoms with van der Waals surface area (Å²) < 4.78 is 38.0. The zero-order valence-corrected chi connectivity index (χ0v) is 19.0. The number of thiophene rings is 1. The number of carbonyl (C=O) groups is 1. The maximum atomic E-state index is 13.2. The van der Waals surface area contributed by atoms with Gasteiger partial charge in [0.25, 0.3) is 0 Å². The van der Waals surface area contributed by atoms with Crippen LogP contribution in [0.3, 0.4) is 0 Å². The lowest BCUT2D eigenvalue weighted by Gasteiger charge is -2.26. The average Bonchev–Trinajstić information content (AvgIpc) is 3.18. The highest BCUT2D eigenvalue weighted by Gasteiger charge is 2.36. The van der Waals surface area contributed by atoms with Gasteiger partial charge < -0.3 is 14.8 Å². The number of ether oxygens (including phenoxy) is 2. The Bertz CT molecular complexity index is 1220. The molecule has 2 heterocycles. The highest BCUT2D eigenvalue weighted by molar-refractivity contribution is 7.91. The molecule has 0 saturated carbocycles. The van der Waals surface area contributed by atoms with Crippen LogP contribution in [0.5, 0.6) is 11.5 Å². The molecule has 0 spiro atoms. The first-order valence-corrected chi connectivity index (χ1v) is 12.2. The fourth-order valence-corrected chi connectivity index (χ4v) is 6.63. The first-order chi connectivity index (χ1) is 14.8. The minimum absolute atomic E-state index is 0.0932. The number of hydrogen-bond donors (Lipinski definition) is 1. The molecule has 0 unspecified atom stereocenters. The summed E-state index contributed by atoms with van der Waals surface area (Å²) in [6.07, 6.45) is 0.101. The predicted molar refractivity (Wildman–Crippen MR) is 120 cm³/mol. The number of benzene rings is 2. The van der Waals surface area contributed by atoms with Gasteiger partial charge in [0.2, 0.25) is 15.7 Å². The molecular formula is C23H23NO5S2. The van der Waals surface area contributed by atoms with E-state index in [-0.39, 0.29) is 34.1 Å². The van der Waals surface area contributed by atoms with E-state index >= 15 is 0 Å². The van der Waals surface area contributed by atoms with E-state index in [1.165, 1.54) is 11.3 Å². The molecule has 162 valence electrons. The van der Waals surface area contributed by atoms with Crippen LogP contribution in [0.4, 0.5) is 5.69 Å². The van der Waals surface area contributed by atoms with Crippen LogP contribution in [0.25, 0.3) is 0 Å². The second-order valence-electron chi connectivity index (χ2n) is 7.51. The van der Waals surface area contributed by atoms with Crippen LogP contribution in [-0.2, 0) is 14.6 Å². The molecule has 6 nitrogen and oxygen atoms in total. The lowest BCUT2D eigenvalue weighted by atomic mass is 9.89. The highest BCUT2D eigenvalue weighted by atomic mass is 32.2. The minimum atomic E-state index is -3.77. The molecule has 1 aromatic heterocycles. The van der Waals surface area contributed by atoms with Crippen LogP contribution in [-0.4, -0.2) is 27.5 Å². The van der Waals surface area contributed by atoms with Crippen LogP contribution in [0, 0.1) is 0 Å². The standard InChI is InChI=1S/C23H23NO5S2/c1-14(2)29-22-16(10-7-11-18(22)28-3)17-12-20(25)24-21-19(13-30-23(17)21)31(26,27)15-8-5-4-6-9-15/h4-11,13-14,17H,12H2,1-3H3,(H,24,25)/t17-/m0/s1. The number of methoxy groups -OCH3 is 1. The molecule has 1 amide bonds. The Labute approximate surface area is 185 Å². The van der Waals surface area contributed by atoms with Crippen molar-refractivity contribution in [2.75, 3.05) is 12.4 Å². The molecule has 31 heavy (non-hydrogen) atoms. The number of carbonyl (C=O) groups excluding carboxylic acids is 1. The molecule has 0 aliphatic carbocycles. The topological polar surface area (TPSA) is 81.7 Å². The first kappa shape index (κ1) is 21.4. The van der Waals surface area contributed by atoms with E-state index in [1.807, 2.05) is 32.0 Å². The van der Waals surface area contributed by atoms with Crippen molar-refractivity contribution in [1.82, 2.24) is 0 Å². The third kappa shape index (κ3) is 3.93. The van der Waals surface area contributed by atoms with Crippen LogP contribution >= 0.6 is 11.3 Å². The summed E-state index contributed by atoms with van der Waals surface area (Å²) in [5.74, 6) is 0.579. The molecule has 1 atom stereocenters. The Balaban J connectivity index is 1.86. The van der Waals surface area contributed by atoms with Crippen molar-refractivity contribution in [2.45, 2.75) is 42.1 Å². The number of hydrogen-bond acceptors (Lipinski definition) is 6. The van der Waals surface area contributed by atoms with Crippen molar-refractivity contribution in [2.24, 2.45) is 0 Å². The van der Waals surface area contributed by atoms with E-state index in [9.17, 15) is 13.2 Å². The predicted octanol–water partition coefficient (Wildman–Crippen LogP) is 4.85. The summed E-state index contributed by atoms with van der Waals surface area (Å²) in [6.45, 7) is 3.84. The van der Waals surface area contributed by atoms with Crippen LogP contribution < -0.4 is 14.8 Å². The second kappa shape index (κ2) is 8.36. The van der Waals surface area contributed by atoms with Gasteiger partial charge in [-0.15, -0.1) is 11.3 Å². The van der Waals surface area contributed by atoms with E-state index in [0.717, 1.165) is 10.4 Å². The number of anilines is 1. The molecular weight excluding hydrogens is 434 g/mol. The first-order valence-electron chi connectivity index (χ1n) is 9.87. The SMILES string of the molecule is COc1cccc([C@@H]2CC(=O)Nc3c(S(=O)(=O)c4ccccc4)csc32)c1OC(C)C. The van der Waals surface area contributed by atoms with E-state index in [1.54, 1.807) is 42.8 Å². The van der Waals surface area contributed by atoms with Crippen LogP contribution in [0.2, 0.25) is 0 Å². The third-order valence-corrected chi connectivity index (χ3v) is 8.10. The fourth-order valence-electron chi connectivity index (χ4n) is 3.71.